The van der Waals surface area contributed by atoms with Crippen molar-refractivity contribution in [1.29, 1.82) is 0 Å². The van der Waals surface area contributed by atoms with Gasteiger partial charge in [-0.2, -0.15) is 4.31 Å². The Morgan fingerprint density at radius 2 is 2.05 bits per heavy atom. The highest BCUT2D eigenvalue weighted by molar-refractivity contribution is 7.89. The van der Waals surface area contributed by atoms with E-state index in [1.54, 1.807) is 22.5 Å². The number of sulfonamides is 1. The largest absolute Gasteiger partial charge is 0.378 e. The van der Waals surface area contributed by atoms with Gasteiger partial charge in [-0.1, -0.05) is 12.5 Å². The molecule has 0 spiro atoms. The van der Waals surface area contributed by atoms with Crippen LogP contribution in [-0.2, 0) is 10.0 Å². The summed E-state index contributed by atoms with van der Waals surface area (Å²) >= 11 is 0. The van der Waals surface area contributed by atoms with Crippen LogP contribution in [0.15, 0.2) is 29.2 Å². The molecular formula is C15H25N3O2S. The van der Waals surface area contributed by atoms with Crippen LogP contribution in [0.3, 0.4) is 0 Å². The Hall–Kier alpha value is -1.11. The van der Waals surface area contributed by atoms with E-state index in [-0.39, 0.29) is 12.1 Å². The Balaban J connectivity index is 2.38. The van der Waals surface area contributed by atoms with Gasteiger partial charge in [-0.15, -0.1) is 0 Å². The molecule has 1 fully saturated rings. The van der Waals surface area contributed by atoms with Gasteiger partial charge in [0.2, 0.25) is 10.0 Å². The number of anilines is 1. The van der Waals surface area contributed by atoms with Crippen LogP contribution in [0.5, 0.6) is 0 Å². The number of benzene rings is 1. The van der Waals surface area contributed by atoms with Crippen LogP contribution >= 0.6 is 0 Å². The fraction of sp³-hybridized carbons (Fsp3) is 0.600. The molecule has 1 aromatic carbocycles. The monoisotopic (exact) mass is 311 g/mol. The van der Waals surface area contributed by atoms with Crippen LogP contribution in [-0.4, -0.2) is 45.4 Å². The van der Waals surface area contributed by atoms with Crippen LogP contribution in [0, 0.1) is 0 Å². The molecule has 1 aliphatic heterocycles. The number of rotatable bonds is 4. The molecule has 2 atom stereocenters. The van der Waals surface area contributed by atoms with E-state index in [1.807, 2.05) is 32.0 Å². The molecule has 0 aliphatic carbocycles. The van der Waals surface area contributed by atoms with Gasteiger partial charge in [0.25, 0.3) is 0 Å². The molecule has 1 aromatic rings. The predicted octanol–water partition coefficient (Wildman–Crippen LogP) is 1.64. The summed E-state index contributed by atoms with van der Waals surface area (Å²) in [7, 11) is 0.315. The zero-order chi connectivity index (χ0) is 15.6. The summed E-state index contributed by atoms with van der Waals surface area (Å²) in [6.45, 7) is 2.44. The van der Waals surface area contributed by atoms with Gasteiger partial charge in [0.1, 0.15) is 0 Å². The van der Waals surface area contributed by atoms with Crippen molar-refractivity contribution in [2.45, 2.75) is 43.2 Å². The van der Waals surface area contributed by atoms with Gasteiger partial charge in [-0.25, -0.2) is 8.42 Å². The van der Waals surface area contributed by atoms with E-state index in [0.717, 1.165) is 24.9 Å². The molecule has 1 heterocycles. The Morgan fingerprint density at radius 3 is 2.67 bits per heavy atom. The summed E-state index contributed by atoms with van der Waals surface area (Å²) in [6, 6.07) is 6.81. The van der Waals surface area contributed by atoms with Gasteiger partial charge in [0, 0.05) is 38.4 Å². The molecule has 6 heteroatoms. The lowest BCUT2D eigenvalue weighted by molar-refractivity contribution is 0.227. The maximum atomic E-state index is 12.9. The molecular weight excluding hydrogens is 286 g/mol. The molecule has 0 radical (unpaired) electrons. The number of hydrogen-bond acceptors (Lipinski definition) is 4. The molecule has 5 nitrogen and oxygen atoms in total. The van der Waals surface area contributed by atoms with Crippen LogP contribution < -0.4 is 10.6 Å². The molecule has 118 valence electrons. The van der Waals surface area contributed by atoms with Crippen LogP contribution in [0.25, 0.3) is 0 Å². The first-order valence-corrected chi connectivity index (χ1v) is 8.83. The van der Waals surface area contributed by atoms with E-state index >= 15 is 0 Å². The van der Waals surface area contributed by atoms with Gasteiger partial charge in [-0.05, 0) is 38.0 Å². The molecule has 0 amide bonds. The van der Waals surface area contributed by atoms with Gasteiger partial charge in [0.15, 0.2) is 0 Å². The van der Waals surface area contributed by atoms with E-state index in [4.69, 9.17) is 5.73 Å². The van der Waals surface area contributed by atoms with E-state index in [9.17, 15) is 8.42 Å². The summed E-state index contributed by atoms with van der Waals surface area (Å²) in [4.78, 5) is 2.25. The molecule has 0 aromatic heterocycles. The maximum Gasteiger partial charge on any atom is 0.243 e. The number of piperidine rings is 1. The standard InChI is InChI=1S/C15H25N3O2S/c1-12(16)15-9-4-5-10-18(15)21(19,20)14-8-6-7-13(11-14)17(2)3/h6-8,11-12,15H,4-5,9-10,16H2,1-3H3. The first-order chi connectivity index (χ1) is 9.84. The fourth-order valence-electron chi connectivity index (χ4n) is 2.81. The average molecular weight is 311 g/mol. The Kier molecular flexibility index (Phi) is 4.91. The topological polar surface area (TPSA) is 66.6 Å². The zero-order valence-corrected chi connectivity index (χ0v) is 13.8. The van der Waals surface area contributed by atoms with Crippen molar-refractivity contribution >= 4 is 15.7 Å². The Bertz CT molecular complexity index is 584. The second-order valence-corrected chi connectivity index (χ2v) is 7.82. The lowest BCUT2D eigenvalue weighted by Crippen LogP contribution is -2.51. The minimum Gasteiger partial charge on any atom is -0.378 e. The molecule has 0 bridgehead atoms. The summed E-state index contributed by atoms with van der Waals surface area (Å²) < 4.78 is 27.5. The maximum absolute atomic E-state index is 12.9. The lowest BCUT2D eigenvalue weighted by atomic mass is 10.00. The summed E-state index contributed by atoms with van der Waals surface area (Å²) in [5.41, 5.74) is 6.88. The summed E-state index contributed by atoms with van der Waals surface area (Å²) in [5.74, 6) is 0. The number of nitrogens with two attached hydrogens (primary N) is 1. The van der Waals surface area contributed by atoms with Gasteiger partial charge >= 0.3 is 0 Å². The Labute approximate surface area is 127 Å². The first-order valence-electron chi connectivity index (χ1n) is 7.39. The van der Waals surface area contributed by atoms with E-state index in [2.05, 4.69) is 0 Å². The normalized spacial score (nSPS) is 22.0. The summed E-state index contributed by atoms with van der Waals surface area (Å²) in [5, 5.41) is 0. The molecule has 1 saturated heterocycles. The smallest absolute Gasteiger partial charge is 0.243 e. The average Bonchev–Trinajstić information content (AvgIpc) is 2.47. The van der Waals surface area contributed by atoms with Crippen LogP contribution in [0.4, 0.5) is 5.69 Å². The zero-order valence-electron chi connectivity index (χ0n) is 13.0. The van der Waals surface area contributed by atoms with Crippen molar-refractivity contribution in [3.63, 3.8) is 0 Å². The highest BCUT2D eigenvalue weighted by Gasteiger charge is 2.35. The van der Waals surface area contributed by atoms with Crippen molar-refractivity contribution in [2.24, 2.45) is 5.73 Å². The molecule has 2 rings (SSSR count). The quantitative estimate of drug-likeness (QED) is 0.918. The second kappa shape index (κ2) is 6.34. The second-order valence-electron chi connectivity index (χ2n) is 5.93. The van der Waals surface area contributed by atoms with Crippen molar-refractivity contribution in [3.8, 4) is 0 Å². The SMILES string of the molecule is CC(N)C1CCCCN1S(=O)(=O)c1cccc(N(C)C)c1. The number of nitrogens with zero attached hydrogens (tertiary/aromatic N) is 2. The molecule has 2 N–H and O–H groups in total. The lowest BCUT2D eigenvalue weighted by Gasteiger charge is -2.37. The van der Waals surface area contributed by atoms with Crippen LogP contribution in [0.2, 0.25) is 0 Å². The van der Waals surface area contributed by atoms with Crippen LogP contribution in [0.1, 0.15) is 26.2 Å². The first kappa shape index (κ1) is 16.3. The van der Waals surface area contributed by atoms with E-state index in [1.165, 1.54) is 0 Å². The third-order valence-corrected chi connectivity index (χ3v) is 5.97. The minimum atomic E-state index is -3.49. The van der Waals surface area contributed by atoms with Crippen molar-refractivity contribution in [1.82, 2.24) is 4.31 Å². The Morgan fingerprint density at radius 1 is 1.33 bits per heavy atom. The fourth-order valence-corrected chi connectivity index (χ4v) is 4.63. The van der Waals surface area contributed by atoms with Crippen molar-refractivity contribution < 1.29 is 8.42 Å². The molecule has 0 saturated carbocycles. The highest BCUT2D eigenvalue weighted by Crippen LogP contribution is 2.28. The predicted molar refractivity (Wildman–Crippen MR) is 85.9 cm³/mol. The van der Waals surface area contributed by atoms with Gasteiger partial charge in [0.05, 0.1) is 4.90 Å². The molecule has 2 unspecified atom stereocenters. The summed E-state index contributed by atoms with van der Waals surface area (Å²) in [6.07, 6.45) is 2.77. The van der Waals surface area contributed by atoms with Gasteiger partial charge in [-0.3, -0.25) is 0 Å². The van der Waals surface area contributed by atoms with Crippen molar-refractivity contribution in [2.75, 3.05) is 25.5 Å². The van der Waals surface area contributed by atoms with Crippen molar-refractivity contribution in [3.05, 3.63) is 24.3 Å². The van der Waals surface area contributed by atoms with Gasteiger partial charge < -0.3 is 10.6 Å². The third-order valence-electron chi connectivity index (χ3n) is 4.05. The highest BCUT2D eigenvalue weighted by atomic mass is 32.2. The third kappa shape index (κ3) is 3.39. The molecule has 1 aliphatic rings. The van der Waals surface area contributed by atoms with E-state index in [0.29, 0.717) is 11.4 Å². The van der Waals surface area contributed by atoms with E-state index < -0.39 is 10.0 Å². The minimum absolute atomic E-state index is 0.105. The number of hydrogen-bond donors (Lipinski definition) is 1. The molecule has 21 heavy (non-hydrogen) atoms.